The summed E-state index contributed by atoms with van der Waals surface area (Å²) in [4.78, 5) is 9.03. The van der Waals surface area contributed by atoms with Crippen molar-refractivity contribution < 1.29 is 8.78 Å². The molecule has 0 radical (unpaired) electrons. The van der Waals surface area contributed by atoms with Crippen LogP contribution in [0.1, 0.15) is 31.4 Å². The van der Waals surface area contributed by atoms with Crippen LogP contribution in [0.15, 0.2) is 18.2 Å². The molecule has 0 saturated heterocycles. The third-order valence-corrected chi connectivity index (χ3v) is 4.43. The SMILES string of the molecule is CCNc1nc(-c2ccc(F)c(F)c2)nc(C2CC2)c1I. The summed E-state index contributed by atoms with van der Waals surface area (Å²) in [5.41, 5.74) is 1.49. The Morgan fingerprint density at radius 2 is 2.00 bits per heavy atom. The zero-order valence-electron chi connectivity index (χ0n) is 11.5. The van der Waals surface area contributed by atoms with Crippen molar-refractivity contribution in [3.05, 3.63) is 39.1 Å². The third-order valence-electron chi connectivity index (χ3n) is 3.36. The molecule has 3 rings (SSSR count). The molecular formula is C15H14F2IN3. The lowest BCUT2D eigenvalue weighted by Gasteiger charge is -2.12. The molecule has 1 aromatic carbocycles. The minimum absolute atomic E-state index is 0.437. The fourth-order valence-electron chi connectivity index (χ4n) is 2.14. The van der Waals surface area contributed by atoms with Crippen LogP contribution in [0.4, 0.5) is 14.6 Å². The molecular weight excluding hydrogens is 387 g/mol. The molecule has 3 nitrogen and oxygen atoms in total. The second-order valence-corrected chi connectivity index (χ2v) is 6.11. The van der Waals surface area contributed by atoms with Gasteiger partial charge in [-0.2, -0.15) is 0 Å². The Kier molecular flexibility index (Phi) is 4.05. The molecule has 0 bridgehead atoms. The van der Waals surface area contributed by atoms with E-state index in [0.717, 1.165) is 46.6 Å². The van der Waals surface area contributed by atoms with Crippen molar-refractivity contribution >= 4 is 28.4 Å². The van der Waals surface area contributed by atoms with E-state index in [1.807, 2.05) is 6.92 Å². The van der Waals surface area contributed by atoms with Crippen molar-refractivity contribution in [1.29, 1.82) is 0 Å². The number of aromatic nitrogens is 2. The standard InChI is InChI=1S/C15H14F2IN3/c1-2-19-15-12(18)13(8-3-4-8)20-14(21-15)9-5-6-10(16)11(17)7-9/h5-8H,2-4H2,1H3,(H,19,20,21). The number of nitrogens with one attached hydrogen (secondary N) is 1. The number of hydrogen-bond donors (Lipinski definition) is 1. The molecule has 0 amide bonds. The number of anilines is 1. The molecule has 1 aromatic heterocycles. The molecule has 1 aliphatic rings. The Labute approximate surface area is 135 Å². The monoisotopic (exact) mass is 401 g/mol. The van der Waals surface area contributed by atoms with E-state index in [4.69, 9.17) is 0 Å². The van der Waals surface area contributed by atoms with Crippen LogP contribution in [-0.2, 0) is 0 Å². The van der Waals surface area contributed by atoms with Gasteiger partial charge in [0.2, 0.25) is 0 Å². The molecule has 1 fully saturated rings. The number of rotatable bonds is 4. The lowest BCUT2D eigenvalue weighted by atomic mass is 10.2. The summed E-state index contributed by atoms with van der Waals surface area (Å²) in [6, 6.07) is 3.76. The summed E-state index contributed by atoms with van der Waals surface area (Å²) in [7, 11) is 0. The summed E-state index contributed by atoms with van der Waals surface area (Å²) >= 11 is 2.25. The van der Waals surface area contributed by atoms with Crippen molar-refractivity contribution in [2.75, 3.05) is 11.9 Å². The third kappa shape index (κ3) is 3.00. The maximum absolute atomic E-state index is 13.4. The Morgan fingerprint density at radius 1 is 1.24 bits per heavy atom. The predicted molar refractivity (Wildman–Crippen MR) is 86.2 cm³/mol. The van der Waals surface area contributed by atoms with Gasteiger partial charge < -0.3 is 5.32 Å². The van der Waals surface area contributed by atoms with E-state index < -0.39 is 11.6 Å². The van der Waals surface area contributed by atoms with Crippen LogP contribution in [0.25, 0.3) is 11.4 Å². The fraction of sp³-hybridized carbons (Fsp3) is 0.333. The van der Waals surface area contributed by atoms with E-state index in [9.17, 15) is 8.78 Å². The van der Waals surface area contributed by atoms with E-state index in [1.54, 1.807) is 0 Å². The van der Waals surface area contributed by atoms with Crippen LogP contribution in [-0.4, -0.2) is 16.5 Å². The van der Waals surface area contributed by atoms with Crippen LogP contribution < -0.4 is 5.32 Å². The average Bonchev–Trinajstić information content (AvgIpc) is 3.29. The summed E-state index contributed by atoms with van der Waals surface area (Å²) in [5.74, 6) is -0.0885. The first-order valence-corrected chi connectivity index (χ1v) is 7.94. The van der Waals surface area contributed by atoms with Gasteiger partial charge in [0.15, 0.2) is 17.5 Å². The quantitative estimate of drug-likeness (QED) is 0.775. The number of benzene rings is 1. The highest BCUT2D eigenvalue weighted by atomic mass is 127. The lowest BCUT2D eigenvalue weighted by molar-refractivity contribution is 0.509. The number of hydrogen-bond acceptors (Lipinski definition) is 3. The van der Waals surface area contributed by atoms with Crippen molar-refractivity contribution in [3.63, 3.8) is 0 Å². The van der Waals surface area contributed by atoms with Gasteiger partial charge in [-0.25, -0.2) is 18.7 Å². The van der Waals surface area contributed by atoms with Crippen molar-refractivity contribution in [1.82, 2.24) is 9.97 Å². The Hall–Kier alpha value is -1.31. The molecule has 0 spiro atoms. The van der Waals surface area contributed by atoms with Crippen molar-refractivity contribution in [2.45, 2.75) is 25.7 Å². The highest BCUT2D eigenvalue weighted by Gasteiger charge is 2.29. The molecule has 1 saturated carbocycles. The van der Waals surface area contributed by atoms with E-state index in [-0.39, 0.29) is 0 Å². The van der Waals surface area contributed by atoms with Crippen LogP contribution in [0, 0.1) is 15.2 Å². The summed E-state index contributed by atoms with van der Waals surface area (Å²) < 4.78 is 27.5. The normalized spacial score (nSPS) is 14.3. The van der Waals surface area contributed by atoms with Gasteiger partial charge in [0, 0.05) is 18.0 Å². The summed E-state index contributed by atoms with van der Waals surface area (Å²) in [6.45, 7) is 2.74. The molecule has 21 heavy (non-hydrogen) atoms. The zero-order valence-corrected chi connectivity index (χ0v) is 13.6. The van der Waals surface area contributed by atoms with E-state index in [2.05, 4.69) is 37.9 Å². The van der Waals surface area contributed by atoms with Crippen LogP contribution >= 0.6 is 22.6 Å². The molecule has 6 heteroatoms. The first kappa shape index (κ1) is 14.6. The van der Waals surface area contributed by atoms with Gasteiger partial charge in [-0.05, 0) is 60.6 Å². The maximum atomic E-state index is 13.4. The maximum Gasteiger partial charge on any atom is 0.161 e. The second-order valence-electron chi connectivity index (χ2n) is 5.03. The first-order chi connectivity index (χ1) is 10.1. The molecule has 0 aliphatic heterocycles. The van der Waals surface area contributed by atoms with Gasteiger partial charge >= 0.3 is 0 Å². The van der Waals surface area contributed by atoms with E-state index in [0.29, 0.717) is 17.3 Å². The lowest BCUT2D eigenvalue weighted by Crippen LogP contribution is -2.07. The first-order valence-electron chi connectivity index (χ1n) is 6.87. The van der Waals surface area contributed by atoms with Crippen LogP contribution in [0.3, 0.4) is 0 Å². The Bertz CT molecular complexity index is 687. The number of halogens is 3. The molecule has 1 N–H and O–H groups in total. The van der Waals surface area contributed by atoms with Gasteiger partial charge in [-0.3, -0.25) is 0 Å². The van der Waals surface area contributed by atoms with Crippen molar-refractivity contribution in [2.24, 2.45) is 0 Å². The molecule has 110 valence electrons. The predicted octanol–water partition coefficient (Wildman–Crippen LogP) is 4.34. The minimum atomic E-state index is -0.882. The zero-order chi connectivity index (χ0) is 15.0. The molecule has 2 aromatic rings. The largest absolute Gasteiger partial charge is 0.369 e. The smallest absolute Gasteiger partial charge is 0.161 e. The van der Waals surface area contributed by atoms with Gasteiger partial charge in [0.1, 0.15) is 5.82 Å². The average molecular weight is 401 g/mol. The van der Waals surface area contributed by atoms with Crippen LogP contribution in [0.5, 0.6) is 0 Å². The Morgan fingerprint density at radius 3 is 2.62 bits per heavy atom. The highest BCUT2D eigenvalue weighted by Crippen LogP contribution is 2.42. The molecule has 0 atom stereocenters. The molecule has 1 heterocycles. The topological polar surface area (TPSA) is 37.8 Å². The van der Waals surface area contributed by atoms with Gasteiger partial charge in [0.25, 0.3) is 0 Å². The molecule has 1 aliphatic carbocycles. The fourth-order valence-corrected chi connectivity index (χ4v) is 3.01. The van der Waals surface area contributed by atoms with Crippen molar-refractivity contribution in [3.8, 4) is 11.4 Å². The van der Waals surface area contributed by atoms with E-state index >= 15 is 0 Å². The van der Waals surface area contributed by atoms with E-state index in [1.165, 1.54) is 6.07 Å². The van der Waals surface area contributed by atoms with Crippen LogP contribution in [0.2, 0.25) is 0 Å². The number of nitrogens with zero attached hydrogens (tertiary/aromatic N) is 2. The van der Waals surface area contributed by atoms with Gasteiger partial charge in [-0.1, -0.05) is 0 Å². The highest BCUT2D eigenvalue weighted by molar-refractivity contribution is 14.1. The summed E-state index contributed by atoms with van der Waals surface area (Å²) in [6.07, 6.45) is 2.24. The summed E-state index contributed by atoms with van der Waals surface area (Å²) in [5, 5.41) is 3.21. The Balaban J connectivity index is 2.10. The second kappa shape index (κ2) is 5.82. The van der Waals surface area contributed by atoms with Gasteiger partial charge in [-0.15, -0.1) is 0 Å². The van der Waals surface area contributed by atoms with Gasteiger partial charge in [0.05, 0.1) is 9.26 Å². The molecule has 0 unspecified atom stereocenters. The minimum Gasteiger partial charge on any atom is -0.369 e.